The highest BCUT2D eigenvalue weighted by molar-refractivity contribution is 5.88. The van der Waals surface area contributed by atoms with Crippen LogP contribution >= 0.6 is 0 Å². The Kier molecular flexibility index (Phi) is 8.69. The van der Waals surface area contributed by atoms with Crippen molar-refractivity contribution in [2.75, 3.05) is 6.54 Å². The van der Waals surface area contributed by atoms with Crippen molar-refractivity contribution in [1.29, 1.82) is 0 Å². The second-order valence-corrected chi connectivity index (χ2v) is 10.2. The van der Waals surface area contributed by atoms with Gasteiger partial charge in [0.05, 0.1) is 0 Å². The standard InChI is InChI=1S/C31H35N3O4/c1-31(2,3)38-30(36)34-27(19-24-20-33-26-15-9-8-14-25(24)26)29(35)32-18-17-23-13-7-10-16-28(23)37-21-22-11-5-4-6-12-22/h4-16,20,27,33H,17-19,21H2,1-3H3,(H,32,35)(H,34,36)/t27-/m0/s1. The van der Waals surface area contributed by atoms with Gasteiger partial charge in [-0.05, 0) is 56.0 Å². The fraction of sp³-hybridized carbons (Fsp3) is 0.290. The molecule has 198 valence electrons. The largest absolute Gasteiger partial charge is 0.489 e. The number of aromatic nitrogens is 1. The van der Waals surface area contributed by atoms with E-state index in [1.807, 2.05) is 85.1 Å². The summed E-state index contributed by atoms with van der Waals surface area (Å²) in [5.74, 6) is 0.511. The Morgan fingerprint density at radius 2 is 1.61 bits per heavy atom. The van der Waals surface area contributed by atoms with E-state index < -0.39 is 17.7 Å². The first-order chi connectivity index (χ1) is 18.3. The molecule has 4 aromatic rings. The Morgan fingerprint density at radius 1 is 0.895 bits per heavy atom. The van der Waals surface area contributed by atoms with Crippen molar-refractivity contribution in [3.63, 3.8) is 0 Å². The maximum atomic E-state index is 13.3. The molecule has 0 saturated heterocycles. The van der Waals surface area contributed by atoms with Crippen LogP contribution in [0.25, 0.3) is 10.9 Å². The van der Waals surface area contributed by atoms with E-state index in [0.29, 0.717) is 26.0 Å². The van der Waals surface area contributed by atoms with E-state index in [-0.39, 0.29) is 5.91 Å². The molecule has 3 N–H and O–H groups in total. The molecule has 0 aliphatic carbocycles. The number of fused-ring (bicyclic) bond motifs is 1. The van der Waals surface area contributed by atoms with Crippen LogP contribution in [0.5, 0.6) is 5.75 Å². The molecule has 0 radical (unpaired) electrons. The highest BCUT2D eigenvalue weighted by atomic mass is 16.6. The molecule has 3 aromatic carbocycles. The number of hydrogen-bond acceptors (Lipinski definition) is 4. The van der Waals surface area contributed by atoms with E-state index in [4.69, 9.17) is 9.47 Å². The summed E-state index contributed by atoms with van der Waals surface area (Å²) in [6.07, 6.45) is 2.16. The van der Waals surface area contributed by atoms with Crippen molar-refractivity contribution in [3.8, 4) is 5.75 Å². The molecule has 1 aromatic heterocycles. The number of carbonyl (C=O) groups excluding carboxylic acids is 2. The number of ether oxygens (including phenoxy) is 2. The maximum Gasteiger partial charge on any atom is 0.408 e. The lowest BCUT2D eigenvalue weighted by molar-refractivity contribution is -0.123. The second kappa shape index (κ2) is 12.3. The average Bonchev–Trinajstić information content (AvgIpc) is 3.30. The lowest BCUT2D eigenvalue weighted by Gasteiger charge is -2.23. The topological polar surface area (TPSA) is 92.5 Å². The van der Waals surface area contributed by atoms with Crippen LogP contribution in [0.1, 0.15) is 37.5 Å². The zero-order valence-corrected chi connectivity index (χ0v) is 22.1. The third-order valence-electron chi connectivity index (χ3n) is 6.01. The van der Waals surface area contributed by atoms with E-state index >= 15 is 0 Å². The van der Waals surface area contributed by atoms with Crippen LogP contribution in [0.3, 0.4) is 0 Å². The smallest absolute Gasteiger partial charge is 0.408 e. The lowest BCUT2D eigenvalue weighted by Crippen LogP contribution is -2.49. The predicted octanol–water partition coefficient (Wildman–Crippen LogP) is 5.54. The molecule has 1 atom stereocenters. The first kappa shape index (κ1) is 26.8. The highest BCUT2D eigenvalue weighted by Gasteiger charge is 2.25. The molecule has 0 unspecified atom stereocenters. The van der Waals surface area contributed by atoms with Gasteiger partial charge in [-0.15, -0.1) is 0 Å². The molecular formula is C31H35N3O4. The van der Waals surface area contributed by atoms with Gasteiger partial charge in [0.2, 0.25) is 5.91 Å². The van der Waals surface area contributed by atoms with Crippen molar-refractivity contribution in [1.82, 2.24) is 15.6 Å². The molecule has 0 saturated carbocycles. The minimum Gasteiger partial charge on any atom is -0.489 e. The number of alkyl carbamates (subject to hydrolysis) is 1. The number of H-pyrrole nitrogens is 1. The van der Waals surface area contributed by atoms with Crippen LogP contribution in [0.15, 0.2) is 85.1 Å². The minimum absolute atomic E-state index is 0.274. The molecular weight excluding hydrogens is 478 g/mol. The lowest BCUT2D eigenvalue weighted by atomic mass is 10.0. The van der Waals surface area contributed by atoms with Crippen molar-refractivity contribution in [3.05, 3.63) is 102 Å². The van der Waals surface area contributed by atoms with Crippen LogP contribution in [-0.4, -0.2) is 35.2 Å². The summed E-state index contributed by atoms with van der Waals surface area (Å²) in [6.45, 7) is 6.23. The number of carbonyl (C=O) groups is 2. The van der Waals surface area contributed by atoms with E-state index in [1.165, 1.54) is 0 Å². The summed E-state index contributed by atoms with van der Waals surface area (Å²) in [4.78, 5) is 29.1. The molecule has 4 rings (SSSR count). The number of nitrogens with one attached hydrogen (secondary N) is 3. The molecule has 2 amide bonds. The summed E-state index contributed by atoms with van der Waals surface area (Å²) < 4.78 is 11.5. The van der Waals surface area contributed by atoms with Crippen LogP contribution in [0.4, 0.5) is 4.79 Å². The summed E-state index contributed by atoms with van der Waals surface area (Å²) >= 11 is 0. The quantitative estimate of drug-likeness (QED) is 0.260. The average molecular weight is 514 g/mol. The van der Waals surface area contributed by atoms with Crippen molar-refractivity contribution < 1.29 is 19.1 Å². The number of amides is 2. The van der Waals surface area contributed by atoms with Gasteiger partial charge in [-0.25, -0.2) is 4.79 Å². The first-order valence-corrected chi connectivity index (χ1v) is 12.9. The van der Waals surface area contributed by atoms with Gasteiger partial charge >= 0.3 is 6.09 Å². The molecule has 0 bridgehead atoms. The molecule has 1 heterocycles. The van der Waals surface area contributed by atoms with E-state index in [0.717, 1.165) is 33.3 Å². The Bertz CT molecular complexity index is 1360. The monoisotopic (exact) mass is 513 g/mol. The van der Waals surface area contributed by atoms with Gasteiger partial charge < -0.3 is 25.1 Å². The molecule has 0 fully saturated rings. The number of rotatable bonds is 10. The van der Waals surface area contributed by atoms with Gasteiger partial charge in [0, 0.05) is 30.1 Å². The van der Waals surface area contributed by atoms with Gasteiger partial charge in [-0.3, -0.25) is 4.79 Å². The summed E-state index contributed by atoms with van der Waals surface area (Å²) in [5.41, 5.74) is 3.33. The predicted molar refractivity (Wildman–Crippen MR) is 149 cm³/mol. The van der Waals surface area contributed by atoms with Crippen molar-refractivity contribution in [2.45, 2.75) is 51.9 Å². The Morgan fingerprint density at radius 3 is 2.39 bits per heavy atom. The van der Waals surface area contributed by atoms with Gasteiger partial charge in [0.25, 0.3) is 0 Å². The Labute approximate surface area is 223 Å². The summed E-state index contributed by atoms with van der Waals surface area (Å²) in [6, 6.07) is 24.9. The normalized spacial score (nSPS) is 12.1. The van der Waals surface area contributed by atoms with Crippen LogP contribution in [-0.2, 0) is 29.0 Å². The van der Waals surface area contributed by atoms with Crippen LogP contribution < -0.4 is 15.4 Å². The van der Waals surface area contributed by atoms with Gasteiger partial charge in [0.1, 0.15) is 24.0 Å². The summed E-state index contributed by atoms with van der Waals surface area (Å²) in [5, 5.41) is 6.76. The number of benzene rings is 3. The summed E-state index contributed by atoms with van der Waals surface area (Å²) in [7, 11) is 0. The number of aromatic amines is 1. The molecule has 0 spiro atoms. The van der Waals surface area contributed by atoms with Crippen molar-refractivity contribution in [2.24, 2.45) is 0 Å². The first-order valence-electron chi connectivity index (χ1n) is 12.9. The third kappa shape index (κ3) is 7.62. The Balaban J connectivity index is 1.40. The fourth-order valence-corrected chi connectivity index (χ4v) is 4.21. The highest BCUT2D eigenvalue weighted by Crippen LogP contribution is 2.21. The van der Waals surface area contributed by atoms with E-state index in [2.05, 4.69) is 15.6 Å². The zero-order valence-electron chi connectivity index (χ0n) is 22.1. The second-order valence-electron chi connectivity index (χ2n) is 10.2. The SMILES string of the molecule is CC(C)(C)OC(=O)N[C@@H](Cc1c[nH]c2ccccc12)C(=O)NCCc1ccccc1OCc1ccccc1. The van der Waals surface area contributed by atoms with Crippen LogP contribution in [0.2, 0.25) is 0 Å². The van der Waals surface area contributed by atoms with E-state index in [1.54, 1.807) is 20.8 Å². The minimum atomic E-state index is -0.798. The molecule has 0 aliphatic heterocycles. The zero-order chi connectivity index (χ0) is 27.0. The number of para-hydroxylation sites is 2. The maximum absolute atomic E-state index is 13.3. The fourth-order valence-electron chi connectivity index (χ4n) is 4.21. The van der Waals surface area contributed by atoms with Gasteiger partial charge in [0.15, 0.2) is 0 Å². The Hall–Kier alpha value is -4.26. The van der Waals surface area contributed by atoms with Crippen molar-refractivity contribution >= 4 is 22.9 Å². The van der Waals surface area contributed by atoms with Gasteiger partial charge in [-0.1, -0.05) is 66.7 Å². The molecule has 7 heteroatoms. The van der Waals surface area contributed by atoms with Gasteiger partial charge in [-0.2, -0.15) is 0 Å². The molecule has 38 heavy (non-hydrogen) atoms. The number of hydrogen-bond donors (Lipinski definition) is 3. The van der Waals surface area contributed by atoms with E-state index in [9.17, 15) is 9.59 Å². The molecule has 0 aliphatic rings. The molecule has 7 nitrogen and oxygen atoms in total. The van der Waals surface area contributed by atoms with Crippen LogP contribution in [0, 0.1) is 0 Å². The third-order valence-corrected chi connectivity index (χ3v) is 6.01.